The standard InChI is InChI=1S/C15H16N2O/c16-10-11-3-1-4-13(9-11)15(18)17-8-2-5-14(17)12-6-7-12/h1,3-4,9,12,14H,2,5-8H2. The number of amides is 1. The number of nitrogens with zero attached hydrogens (tertiary/aromatic N) is 2. The Morgan fingerprint density at radius 3 is 2.89 bits per heavy atom. The highest BCUT2D eigenvalue weighted by atomic mass is 16.2. The maximum Gasteiger partial charge on any atom is 0.254 e. The Labute approximate surface area is 107 Å². The second-order valence-electron chi connectivity index (χ2n) is 5.24. The van der Waals surface area contributed by atoms with Crippen LogP contribution in [0, 0.1) is 17.2 Å². The van der Waals surface area contributed by atoms with Crippen LogP contribution in [0.3, 0.4) is 0 Å². The molecule has 0 N–H and O–H groups in total. The van der Waals surface area contributed by atoms with Crippen molar-refractivity contribution in [3.63, 3.8) is 0 Å². The van der Waals surface area contributed by atoms with Gasteiger partial charge in [-0.25, -0.2) is 0 Å². The summed E-state index contributed by atoms with van der Waals surface area (Å²) >= 11 is 0. The first-order chi connectivity index (χ1) is 8.79. The predicted octanol–water partition coefficient (Wildman–Crippen LogP) is 2.57. The minimum absolute atomic E-state index is 0.0986. The van der Waals surface area contributed by atoms with Crippen molar-refractivity contribution in [2.24, 2.45) is 5.92 Å². The molecule has 3 rings (SSSR count). The topological polar surface area (TPSA) is 44.1 Å². The van der Waals surface area contributed by atoms with Crippen molar-refractivity contribution < 1.29 is 4.79 Å². The van der Waals surface area contributed by atoms with Crippen molar-refractivity contribution in [1.29, 1.82) is 5.26 Å². The fourth-order valence-corrected chi connectivity index (χ4v) is 2.90. The fraction of sp³-hybridized carbons (Fsp3) is 0.467. The maximum absolute atomic E-state index is 12.5. The van der Waals surface area contributed by atoms with E-state index in [2.05, 4.69) is 6.07 Å². The Kier molecular flexibility index (Phi) is 2.79. The van der Waals surface area contributed by atoms with Gasteiger partial charge in [0.05, 0.1) is 11.6 Å². The van der Waals surface area contributed by atoms with Crippen LogP contribution >= 0.6 is 0 Å². The monoisotopic (exact) mass is 240 g/mol. The second kappa shape index (κ2) is 4.45. The molecule has 1 aromatic rings. The highest BCUT2D eigenvalue weighted by Gasteiger charge is 2.40. The minimum Gasteiger partial charge on any atom is -0.335 e. The first-order valence-corrected chi connectivity index (χ1v) is 6.61. The average Bonchev–Trinajstić information content (AvgIpc) is 3.15. The van der Waals surface area contributed by atoms with E-state index in [1.54, 1.807) is 18.2 Å². The third-order valence-corrected chi connectivity index (χ3v) is 3.96. The first-order valence-electron chi connectivity index (χ1n) is 6.61. The van der Waals surface area contributed by atoms with Crippen LogP contribution in [0.2, 0.25) is 0 Å². The highest BCUT2D eigenvalue weighted by Crippen LogP contribution is 2.40. The molecule has 0 aromatic heterocycles. The van der Waals surface area contributed by atoms with Crippen molar-refractivity contribution >= 4 is 5.91 Å². The Hall–Kier alpha value is -1.82. The number of rotatable bonds is 2. The van der Waals surface area contributed by atoms with E-state index in [4.69, 9.17) is 5.26 Å². The van der Waals surface area contributed by atoms with E-state index in [0.717, 1.165) is 25.3 Å². The maximum atomic E-state index is 12.5. The van der Waals surface area contributed by atoms with Crippen LogP contribution in [0.4, 0.5) is 0 Å². The molecule has 1 amide bonds. The van der Waals surface area contributed by atoms with Gasteiger partial charge >= 0.3 is 0 Å². The summed E-state index contributed by atoms with van der Waals surface area (Å²) in [4.78, 5) is 14.5. The van der Waals surface area contributed by atoms with E-state index in [9.17, 15) is 4.79 Å². The molecule has 1 aliphatic carbocycles. The molecule has 1 saturated carbocycles. The number of hydrogen-bond donors (Lipinski definition) is 0. The van der Waals surface area contributed by atoms with Crippen LogP contribution in [0.5, 0.6) is 0 Å². The van der Waals surface area contributed by atoms with Gasteiger partial charge < -0.3 is 4.90 Å². The Morgan fingerprint density at radius 2 is 2.17 bits per heavy atom. The summed E-state index contributed by atoms with van der Waals surface area (Å²) in [5.74, 6) is 0.831. The lowest BCUT2D eigenvalue weighted by Crippen LogP contribution is -2.36. The van der Waals surface area contributed by atoms with Crippen LogP contribution in [0.1, 0.15) is 41.6 Å². The third kappa shape index (κ3) is 1.99. The Bertz CT molecular complexity index is 513. The summed E-state index contributed by atoms with van der Waals surface area (Å²) in [5.41, 5.74) is 1.21. The molecule has 2 fully saturated rings. The average molecular weight is 240 g/mol. The SMILES string of the molecule is N#Cc1cccc(C(=O)N2CCCC2C2CC2)c1. The zero-order valence-electron chi connectivity index (χ0n) is 10.3. The van der Waals surface area contributed by atoms with Crippen LogP contribution in [-0.4, -0.2) is 23.4 Å². The van der Waals surface area contributed by atoms with Crippen molar-refractivity contribution in [2.75, 3.05) is 6.54 Å². The lowest BCUT2D eigenvalue weighted by molar-refractivity contribution is 0.0721. The van der Waals surface area contributed by atoms with E-state index < -0.39 is 0 Å². The van der Waals surface area contributed by atoms with Crippen molar-refractivity contribution in [3.05, 3.63) is 35.4 Å². The molecule has 1 aromatic carbocycles. The highest BCUT2D eigenvalue weighted by molar-refractivity contribution is 5.95. The Morgan fingerprint density at radius 1 is 1.33 bits per heavy atom. The molecule has 1 saturated heterocycles. The second-order valence-corrected chi connectivity index (χ2v) is 5.24. The molecule has 3 nitrogen and oxygen atoms in total. The molecule has 92 valence electrons. The van der Waals surface area contributed by atoms with Crippen molar-refractivity contribution in [3.8, 4) is 6.07 Å². The third-order valence-electron chi connectivity index (χ3n) is 3.96. The number of nitriles is 1. The summed E-state index contributed by atoms with van der Waals surface area (Å²) in [6.07, 6.45) is 4.80. The predicted molar refractivity (Wildman–Crippen MR) is 67.9 cm³/mol. The molecule has 18 heavy (non-hydrogen) atoms. The van der Waals surface area contributed by atoms with Gasteiger partial charge in [0, 0.05) is 18.2 Å². The molecular formula is C15H16N2O. The van der Waals surface area contributed by atoms with Crippen LogP contribution < -0.4 is 0 Å². The van der Waals surface area contributed by atoms with Gasteiger partial charge in [-0.3, -0.25) is 4.79 Å². The van der Waals surface area contributed by atoms with E-state index in [0.29, 0.717) is 17.2 Å². The van der Waals surface area contributed by atoms with Gasteiger partial charge in [-0.15, -0.1) is 0 Å². The summed E-state index contributed by atoms with van der Waals surface area (Å²) in [6, 6.07) is 9.57. The van der Waals surface area contributed by atoms with Crippen molar-refractivity contribution in [2.45, 2.75) is 31.7 Å². The van der Waals surface area contributed by atoms with Crippen LogP contribution in [0.15, 0.2) is 24.3 Å². The fourth-order valence-electron chi connectivity index (χ4n) is 2.90. The zero-order chi connectivity index (χ0) is 12.5. The molecular weight excluding hydrogens is 224 g/mol. The number of carbonyl (C=O) groups excluding carboxylic acids is 1. The van der Waals surface area contributed by atoms with Gasteiger partial charge in [0.25, 0.3) is 5.91 Å². The van der Waals surface area contributed by atoms with Gasteiger partial charge in [-0.2, -0.15) is 5.26 Å². The molecule has 0 radical (unpaired) electrons. The minimum atomic E-state index is 0.0986. The molecule has 2 aliphatic rings. The smallest absolute Gasteiger partial charge is 0.254 e. The molecule has 1 heterocycles. The summed E-state index contributed by atoms with van der Waals surface area (Å²) < 4.78 is 0. The van der Waals surface area contributed by atoms with Gasteiger partial charge in [0.2, 0.25) is 0 Å². The Balaban J connectivity index is 1.82. The lowest BCUT2D eigenvalue weighted by Gasteiger charge is -2.24. The summed E-state index contributed by atoms with van der Waals surface area (Å²) in [6.45, 7) is 0.872. The molecule has 0 spiro atoms. The quantitative estimate of drug-likeness (QED) is 0.797. The van der Waals surface area contributed by atoms with Crippen LogP contribution in [0.25, 0.3) is 0 Å². The molecule has 1 aliphatic heterocycles. The summed E-state index contributed by atoms with van der Waals surface area (Å²) in [5, 5.41) is 8.88. The van der Waals surface area contributed by atoms with Crippen molar-refractivity contribution in [1.82, 2.24) is 4.90 Å². The van der Waals surface area contributed by atoms with E-state index in [-0.39, 0.29) is 5.91 Å². The molecule has 1 atom stereocenters. The largest absolute Gasteiger partial charge is 0.335 e. The van der Waals surface area contributed by atoms with Gasteiger partial charge in [-0.1, -0.05) is 6.07 Å². The molecule has 3 heteroatoms. The number of likely N-dealkylation sites (tertiary alicyclic amines) is 1. The summed E-state index contributed by atoms with van der Waals surface area (Å²) in [7, 11) is 0. The number of benzene rings is 1. The van der Waals surface area contributed by atoms with E-state index in [1.807, 2.05) is 11.0 Å². The normalized spacial score (nSPS) is 22.8. The molecule has 1 unspecified atom stereocenters. The zero-order valence-corrected chi connectivity index (χ0v) is 10.3. The number of carbonyl (C=O) groups is 1. The van der Waals surface area contributed by atoms with Gasteiger partial charge in [0.15, 0.2) is 0 Å². The van der Waals surface area contributed by atoms with E-state index in [1.165, 1.54) is 12.8 Å². The number of hydrogen-bond acceptors (Lipinski definition) is 2. The lowest BCUT2D eigenvalue weighted by atomic mass is 10.1. The molecule has 0 bridgehead atoms. The van der Waals surface area contributed by atoms with Crippen LogP contribution in [-0.2, 0) is 0 Å². The van der Waals surface area contributed by atoms with Gasteiger partial charge in [0.1, 0.15) is 0 Å². The van der Waals surface area contributed by atoms with E-state index >= 15 is 0 Å². The van der Waals surface area contributed by atoms with Gasteiger partial charge in [-0.05, 0) is 49.8 Å². The first kappa shape index (κ1) is 11.3.